The Morgan fingerprint density at radius 2 is 2.10 bits per heavy atom. The molecule has 1 aliphatic carbocycles. The number of benzene rings is 1. The van der Waals surface area contributed by atoms with Crippen molar-refractivity contribution in [2.45, 2.75) is 37.4 Å². The van der Waals surface area contributed by atoms with E-state index >= 15 is 0 Å². The van der Waals surface area contributed by atoms with Crippen LogP contribution in [0, 0.1) is 0 Å². The maximum absolute atomic E-state index is 10.2. The Labute approximate surface area is 120 Å². The molecule has 1 aromatic carbocycles. The van der Waals surface area contributed by atoms with Crippen molar-refractivity contribution < 1.29 is 14.6 Å². The second-order valence-corrected chi connectivity index (χ2v) is 6.04. The Balaban J connectivity index is 1.79. The molecular formula is C16H23NO3. The lowest BCUT2D eigenvalue weighted by molar-refractivity contribution is 0.100. The van der Waals surface area contributed by atoms with Crippen LogP contribution in [0.25, 0.3) is 0 Å². The van der Waals surface area contributed by atoms with Crippen molar-refractivity contribution in [3.8, 4) is 11.5 Å². The molecule has 0 aromatic heterocycles. The largest absolute Gasteiger partial charge is 0.493 e. The summed E-state index contributed by atoms with van der Waals surface area (Å²) in [6, 6.07) is 5.78. The van der Waals surface area contributed by atoms with Gasteiger partial charge in [-0.15, -0.1) is 0 Å². The highest BCUT2D eigenvalue weighted by Gasteiger charge is 2.42. The molecule has 1 heterocycles. The predicted octanol–water partition coefficient (Wildman–Crippen LogP) is 2.15. The Bertz CT molecular complexity index is 485. The maximum atomic E-state index is 10.2. The van der Waals surface area contributed by atoms with Gasteiger partial charge in [0.15, 0.2) is 11.5 Å². The Morgan fingerprint density at radius 3 is 2.75 bits per heavy atom. The van der Waals surface area contributed by atoms with Gasteiger partial charge in [0.2, 0.25) is 0 Å². The number of hydrogen-bond acceptors (Lipinski definition) is 4. The van der Waals surface area contributed by atoms with Gasteiger partial charge in [0.1, 0.15) is 6.10 Å². The van der Waals surface area contributed by atoms with E-state index in [9.17, 15) is 5.11 Å². The van der Waals surface area contributed by atoms with Crippen LogP contribution in [-0.2, 0) is 5.60 Å². The van der Waals surface area contributed by atoms with Crippen LogP contribution in [0.4, 0.5) is 0 Å². The summed E-state index contributed by atoms with van der Waals surface area (Å²) >= 11 is 0. The van der Waals surface area contributed by atoms with E-state index in [4.69, 9.17) is 9.47 Å². The minimum atomic E-state index is -0.631. The average molecular weight is 277 g/mol. The number of methoxy groups -OCH3 is 1. The molecule has 110 valence electrons. The normalized spacial score (nSPS) is 25.2. The molecule has 20 heavy (non-hydrogen) atoms. The fourth-order valence-corrected chi connectivity index (χ4v) is 2.86. The molecule has 0 bridgehead atoms. The zero-order chi connectivity index (χ0) is 14.2. The van der Waals surface area contributed by atoms with Crippen LogP contribution in [0.2, 0.25) is 0 Å². The lowest BCUT2D eigenvalue weighted by atomic mass is 10.1. The number of likely N-dealkylation sites (N-methyl/N-ethyl adjacent to an activating group) is 1. The summed E-state index contributed by atoms with van der Waals surface area (Å²) in [5.74, 6) is 1.50. The number of rotatable bonds is 4. The summed E-state index contributed by atoms with van der Waals surface area (Å²) in [6.45, 7) is 2.08. The summed E-state index contributed by atoms with van der Waals surface area (Å²) in [5.41, 5.74) is 0.311. The molecule has 1 aromatic rings. The van der Waals surface area contributed by atoms with E-state index < -0.39 is 5.60 Å². The second-order valence-electron chi connectivity index (χ2n) is 6.04. The number of nitrogens with zero attached hydrogens (tertiary/aromatic N) is 1. The monoisotopic (exact) mass is 277 g/mol. The molecule has 0 radical (unpaired) electrons. The van der Waals surface area contributed by atoms with E-state index in [0.717, 1.165) is 55.8 Å². The number of ether oxygens (including phenoxy) is 2. The molecule has 1 aliphatic heterocycles. The first-order valence-corrected chi connectivity index (χ1v) is 7.37. The molecule has 1 unspecified atom stereocenters. The van der Waals surface area contributed by atoms with Gasteiger partial charge in [0, 0.05) is 6.54 Å². The summed E-state index contributed by atoms with van der Waals surface area (Å²) in [7, 11) is 3.77. The molecular weight excluding hydrogens is 254 g/mol. The Hall–Kier alpha value is -1.26. The van der Waals surface area contributed by atoms with Crippen LogP contribution < -0.4 is 9.47 Å². The second kappa shape index (κ2) is 5.26. The third kappa shape index (κ3) is 2.76. The number of piperidine rings is 1. The number of hydrogen-bond donors (Lipinski definition) is 1. The Kier molecular flexibility index (Phi) is 3.61. The molecule has 3 rings (SSSR count). The van der Waals surface area contributed by atoms with Crippen LogP contribution in [0.3, 0.4) is 0 Å². The van der Waals surface area contributed by atoms with Gasteiger partial charge < -0.3 is 19.5 Å². The fourth-order valence-electron chi connectivity index (χ4n) is 2.86. The first kappa shape index (κ1) is 13.7. The van der Waals surface area contributed by atoms with Gasteiger partial charge in [-0.3, -0.25) is 0 Å². The van der Waals surface area contributed by atoms with E-state index in [1.54, 1.807) is 7.11 Å². The molecule has 2 aliphatic rings. The molecule has 4 nitrogen and oxygen atoms in total. The summed E-state index contributed by atoms with van der Waals surface area (Å²) in [4.78, 5) is 2.29. The van der Waals surface area contributed by atoms with Gasteiger partial charge in [0.05, 0.1) is 12.7 Å². The van der Waals surface area contributed by atoms with Crippen molar-refractivity contribution >= 4 is 0 Å². The van der Waals surface area contributed by atoms with Crippen molar-refractivity contribution in [3.05, 3.63) is 23.8 Å². The zero-order valence-electron chi connectivity index (χ0n) is 12.3. The van der Waals surface area contributed by atoms with E-state index in [-0.39, 0.29) is 6.10 Å². The highest BCUT2D eigenvalue weighted by atomic mass is 16.5. The third-order valence-corrected chi connectivity index (χ3v) is 4.30. The molecule has 1 atom stereocenters. The average Bonchev–Trinajstić information content (AvgIpc) is 3.18. The highest BCUT2D eigenvalue weighted by Crippen LogP contribution is 2.47. The standard InChI is InChI=1S/C16H23NO3/c1-17-9-3-4-13(11-17)20-15-10-12(16(18)7-8-16)5-6-14(15)19-2/h5-6,10,13,18H,3-4,7-9,11H2,1-2H3. The van der Waals surface area contributed by atoms with Gasteiger partial charge in [-0.25, -0.2) is 0 Å². The molecule has 1 saturated heterocycles. The van der Waals surface area contributed by atoms with Crippen molar-refractivity contribution in [2.24, 2.45) is 0 Å². The molecule has 2 fully saturated rings. The van der Waals surface area contributed by atoms with E-state index in [2.05, 4.69) is 11.9 Å². The van der Waals surface area contributed by atoms with Gasteiger partial charge in [-0.1, -0.05) is 6.07 Å². The van der Waals surface area contributed by atoms with Crippen molar-refractivity contribution in [3.63, 3.8) is 0 Å². The van der Waals surface area contributed by atoms with Gasteiger partial charge >= 0.3 is 0 Å². The summed E-state index contributed by atoms with van der Waals surface area (Å²) in [6.07, 6.45) is 4.11. The van der Waals surface area contributed by atoms with Crippen molar-refractivity contribution in [2.75, 3.05) is 27.2 Å². The fraction of sp³-hybridized carbons (Fsp3) is 0.625. The third-order valence-electron chi connectivity index (χ3n) is 4.30. The van der Waals surface area contributed by atoms with Crippen LogP contribution in [0.5, 0.6) is 11.5 Å². The first-order chi connectivity index (χ1) is 9.60. The smallest absolute Gasteiger partial charge is 0.162 e. The SMILES string of the molecule is COc1ccc(C2(O)CC2)cc1OC1CCCN(C)C1. The minimum Gasteiger partial charge on any atom is -0.493 e. The van der Waals surface area contributed by atoms with Gasteiger partial charge in [0.25, 0.3) is 0 Å². The zero-order valence-corrected chi connectivity index (χ0v) is 12.3. The van der Waals surface area contributed by atoms with Crippen molar-refractivity contribution in [1.82, 2.24) is 4.90 Å². The molecule has 4 heteroatoms. The van der Waals surface area contributed by atoms with Crippen LogP contribution in [0.1, 0.15) is 31.2 Å². The topological polar surface area (TPSA) is 41.9 Å². The quantitative estimate of drug-likeness (QED) is 0.915. The van der Waals surface area contributed by atoms with Gasteiger partial charge in [-0.05, 0) is 57.0 Å². The van der Waals surface area contributed by atoms with Crippen LogP contribution in [-0.4, -0.2) is 43.4 Å². The minimum absolute atomic E-state index is 0.201. The van der Waals surface area contributed by atoms with E-state index in [0.29, 0.717) is 0 Å². The van der Waals surface area contributed by atoms with E-state index in [1.165, 1.54) is 0 Å². The van der Waals surface area contributed by atoms with Crippen molar-refractivity contribution in [1.29, 1.82) is 0 Å². The Morgan fingerprint density at radius 1 is 1.30 bits per heavy atom. The van der Waals surface area contributed by atoms with E-state index in [1.807, 2.05) is 18.2 Å². The van der Waals surface area contributed by atoms with Crippen LogP contribution in [0.15, 0.2) is 18.2 Å². The molecule has 0 spiro atoms. The molecule has 0 amide bonds. The van der Waals surface area contributed by atoms with Gasteiger partial charge in [-0.2, -0.15) is 0 Å². The summed E-state index contributed by atoms with van der Waals surface area (Å²) in [5, 5.41) is 10.2. The molecule has 1 saturated carbocycles. The maximum Gasteiger partial charge on any atom is 0.162 e. The number of likely N-dealkylation sites (tertiary alicyclic amines) is 1. The molecule has 1 N–H and O–H groups in total. The summed E-state index contributed by atoms with van der Waals surface area (Å²) < 4.78 is 11.5. The lowest BCUT2D eigenvalue weighted by Crippen LogP contribution is -2.38. The van der Waals surface area contributed by atoms with Crippen LogP contribution >= 0.6 is 0 Å². The first-order valence-electron chi connectivity index (χ1n) is 7.37. The highest BCUT2D eigenvalue weighted by molar-refractivity contribution is 5.46. The lowest BCUT2D eigenvalue weighted by Gasteiger charge is -2.30. The number of aliphatic hydroxyl groups is 1. The predicted molar refractivity (Wildman–Crippen MR) is 77.3 cm³/mol.